The Morgan fingerprint density at radius 3 is 2.29 bits per heavy atom. The molecule has 4 aliphatic carbocycles. The number of hydrogen-bond donors (Lipinski definition) is 3. The van der Waals surface area contributed by atoms with Crippen molar-refractivity contribution in [2.24, 2.45) is 46.3 Å². The van der Waals surface area contributed by atoms with Crippen molar-refractivity contribution in [1.29, 1.82) is 0 Å². The molecule has 0 heterocycles. The SMILES string of the molecule is CC(C)=CCC[C@@H](COS(=O)(=O)O)[C@H]1CCC2C3CC[C@H]4C[C@H](OS(=O)(=O)O)[C@@H](O)C[C@]4(C)C3CC[C@@]21C. The molecule has 0 aliphatic heterocycles. The molecule has 4 aliphatic rings. The van der Waals surface area contributed by atoms with Gasteiger partial charge in [-0.1, -0.05) is 25.5 Å². The van der Waals surface area contributed by atoms with E-state index in [0.717, 1.165) is 51.4 Å². The summed E-state index contributed by atoms with van der Waals surface area (Å²) >= 11 is 0. The highest BCUT2D eigenvalue weighted by Gasteiger charge is 2.62. The Kier molecular flexibility index (Phi) is 8.82. The molecule has 11 heteroatoms. The molecule has 0 aromatic rings. The van der Waals surface area contributed by atoms with Crippen molar-refractivity contribution >= 4 is 20.8 Å². The van der Waals surface area contributed by atoms with E-state index in [9.17, 15) is 31.0 Å². The zero-order chi connectivity index (χ0) is 28.1. The maximum Gasteiger partial charge on any atom is 0.397 e. The minimum absolute atomic E-state index is 0.00234. The largest absolute Gasteiger partial charge is 0.397 e. The van der Waals surface area contributed by atoms with Crippen molar-refractivity contribution in [3.05, 3.63) is 11.6 Å². The maximum atomic E-state index is 11.4. The molecule has 4 saturated carbocycles. The highest BCUT2D eigenvalue weighted by Crippen LogP contribution is 2.68. The molecule has 0 spiro atoms. The third kappa shape index (κ3) is 6.34. The number of allylic oxidation sites excluding steroid dienone is 2. The Hall–Kier alpha value is -0.560. The summed E-state index contributed by atoms with van der Waals surface area (Å²) in [6.07, 6.45) is 8.92. The topological polar surface area (TPSA) is 147 Å². The van der Waals surface area contributed by atoms with E-state index < -0.39 is 33.0 Å². The van der Waals surface area contributed by atoms with E-state index in [1.807, 2.05) is 13.8 Å². The summed E-state index contributed by atoms with van der Waals surface area (Å²) in [5.41, 5.74) is 1.14. The average molecular weight is 579 g/mol. The summed E-state index contributed by atoms with van der Waals surface area (Å²) in [6, 6.07) is 0. The van der Waals surface area contributed by atoms with Crippen LogP contribution in [0.3, 0.4) is 0 Å². The van der Waals surface area contributed by atoms with Gasteiger partial charge < -0.3 is 5.11 Å². The lowest BCUT2D eigenvalue weighted by Crippen LogP contribution is -2.57. The van der Waals surface area contributed by atoms with Crippen molar-refractivity contribution in [3.63, 3.8) is 0 Å². The average Bonchev–Trinajstić information content (AvgIpc) is 3.12. The van der Waals surface area contributed by atoms with Crippen molar-refractivity contribution in [3.8, 4) is 0 Å². The van der Waals surface area contributed by atoms with Crippen molar-refractivity contribution in [2.75, 3.05) is 6.61 Å². The van der Waals surface area contributed by atoms with Crippen molar-refractivity contribution in [1.82, 2.24) is 0 Å². The molecule has 9 nitrogen and oxygen atoms in total. The molecular weight excluding hydrogens is 532 g/mol. The Morgan fingerprint density at radius 2 is 1.66 bits per heavy atom. The molecule has 3 N–H and O–H groups in total. The summed E-state index contributed by atoms with van der Waals surface area (Å²) in [7, 11) is -9.13. The monoisotopic (exact) mass is 578 g/mol. The number of rotatable bonds is 9. The molecule has 38 heavy (non-hydrogen) atoms. The third-order valence-electron chi connectivity index (χ3n) is 11.1. The van der Waals surface area contributed by atoms with Gasteiger partial charge in [-0.25, -0.2) is 8.37 Å². The van der Waals surface area contributed by atoms with Gasteiger partial charge in [-0.3, -0.25) is 9.11 Å². The highest BCUT2D eigenvalue weighted by atomic mass is 32.3. The second-order valence-electron chi connectivity index (χ2n) is 13.3. The van der Waals surface area contributed by atoms with Gasteiger partial charge in [0.2, 0.25) is 0 Å². The lowest BCUT2D eigenvalue weighted by molar-refractivity contribution is -0.157. The van der Waals surface area contributed by atoms with E-state index in [-0.39, 0.29) is 29.3 Å². The molecule has 10 atom stereocenters. The van der Waals surface area contributed by atoms with Crippen LogP contribution in [0.25, 0.3) is 0 Å². The fourth-order valence-electron chi connectivity index (χ4n) is 9.49. The molecule has 0 saturated heterocycles. The zero-order valence-corrected chi connectivity index (χ0v) is 24.7. The molecule has 0 aromatic heterocycles. The van der Waals surface area contributed by atoms with Crippen LogP contribution in [0.2, 0.25) is 0 Å². The molecule has 4 fully saturated rings. The summed E-state index contributed by atoms with van der Waals surface area (Å²) in [4.78, 5) is 0. The molecule has 220 valence electrons. The van der Waals surface area contributed by atoms with Crippen LogP contribution in [-0.4, -0.2) is 49.9 Å². The maximum absolute atomic E-state index is 11.4. The fourth-order valence-corrected chi connectivity index (χ4v) is 10.4. The van der Waals surface area contributed by atoms with Crippen LogP contribution in [0, 0.1) is 46.3 Å². The number of fused-ring (bicyclic) bond motifs is 5. The third-order valence-corrected chi connectivity index (χ3v) is 12.0. The zero-order valence-electron chi connectivity index (χ0n) is 23.1. The molecular formula is C27H46O9S2. The second-order valence-corrected chi connectivity index (χ2v) is 15.4. The Labute approximate surface area is 228 Å². The van der Waals surface area contributed by atoms with Gasteiger partial charge in [0.25, 0.3) is 0 Å². The summed E-state index contributed by atoms with van der Waals surface area (Å²) in [5, 5.41) is 10.8. The van der Waals surface area contributed by atoms with Gasteiger partial charge in [-0.2, -0.15) is 16.8 Å². The first-order valence-corrected chi connectivity index (χ1v) is 16.9. The van der Waals surface area contributed by atoms with Gasteiger partial charge in [0, 0.05) is 0 Å². The molecule has 0 bridgehead atoms. The van der Waals surface area contributed by atoms with Crippen LogP contribution in [0.1, 0.15) is 91.9 Å². The minimum Gasteiger partial charge on any atom is -0.390 e. The van der Waals surface area contributed by atoms with Crippen LogP contribution < -0.4 is 0 Å². The Bertz CT molecular complexity index is 1100. The second kappa shape index (κ2) is 11.0. The summed E-state index contributed by atoms with van der Waals surface area (Å²) < 4.78 is 73.7. The van der Waals surface area contributed by atoms with Crippen LogP contribution in [-0.2, 0) is 29.2 Å². The van der Waals surface area contributed by atoms with Crippen LogP contribution in [0.4, 0.5) is 0 Å². The number of aliphatic hydroxyl groups is 1. The highest BCUT2D eigenvalue weighted by molar-refractivity contribution is 7.81. The normalized spacial score (nSPS) is 42.0. The molecule has 0 aromatic carbocycles. The standard InChI is InChI=1S/C27H46O9S2/c1-17(2)6-5-7-18(16-35-37(29,30)31)21-10-11-22-20-9-8-19-14-25(36-38(32,33)34)24(28)15-27(19,4)23(20)12-13-26(21,22)3/h6,18-25,28H,5,7-16H2,1-4H3,(H,29,30,31)(H,32,33,34)/t18-,19-,20?,21+,22?,23?,24-,25-,26+,27-/m0/s1. The van der Waals surface area contributed by atoms with Gasteiger partial charge in [0.1, 0.15) is 6.10 Å². The lowest BCUT2D eigenvalue weighted by atomic mass is 9.44. The van der Waals surface area contributed by atoms with E-state index in [4.69, 9.17) is 8.37 Å². The van der Waals surface area contributed by atoms with Crippen LogP contribution >= 0.6 is 0 Å². The number of aliphatic hydroxyl groups excluding tert-OH is 1. The number of hydrogen-bond acceptors (Lipinski definition) is 7. The van der Waals surface area contributed by atoms with E-state index in [1.54, 1.807) is 0 Å². The van der Waals surface area contributed by atoms with Crippen LogP contribution in [0.15, 0.2) is 11.6 Å². The molecule has 3 unspecified atom stereocenters. The predicted octanol–water partition coefficient (Wildman–Crippen LogP) is 4.99. The van der Waals surface area contributed by atoms with E-state index in [0.29, 0.717) is 36.5 Å². The van der Waals surface area contributed by atoms with Gasteiger partial charge >= 0.3 is 20.8 Å². The quantitative estimate of drug-likeness (QED) is 0.254. The minimum atomic E-state index is -4.62. The van der Waals surface area contributed by atoms with Crippen molar-refractivity contribution in [2.45, 2.75) is 104 Å². The first-order valence-electron chi connectivity index (χ1n) is 14.1. The van der Waals surface area contributed by atoms with E-state index in [2.05, 4.69) is 19.9 Å². The van der Waals surface area contributed by atoms with Gasteiger partial charge in [0.15, 0.2) is 0 Å². The summed E-state index contributed by atoms with van der Waals surface area (Å²) in [5.74, 6) is 1.95. The summed E-state index contributed by atoms with van der Waals surface area (Å²) in [6.45, 7) is 8.71. The molecule has 0 radical (unpaired) electrons. The first kappa shape index (κ1) is 30.4. The Balaban J connectivity index is 1.52. The van der Waals surface area contributed by atoms with Gasteiger partial charge in [0.05, 0.1) is 12.7 Å². The van der Waals surface area contributed by atoms with E-state index in [1.165, 1.54) is 5.57 Å². The molecule has 0 amide bonds. The molecule has 4 rings (SSSR count). The predicted molar refractivity (Wildman–Crippen MR) is 143 cm³/mol. The first-order chi connectivity index (χ1) is 17.5. The van der Waals surface area contributed by atoms with E-state index >= 15 is 0 Å². The van der Waals surface area contributed by atoms with Crippen LogP contribution in [0.5, 0.6) is 0 Å². The Morgan fingerprint density at radius 1 is 0.974 bits per heavy atom. The van der Waals surface area contributed by atoms with Crippen molar-refractivity contribution < 1.29 is 39.4 Å². The lowest BCUT2D eigenvalue weighted by Gasteiger charge is -2.62. The van der Waals surface area contributed by atoms with Gasteiger partial charge in [-0.15, -0.1) is 0 Å². The smallest absolute Gasteiger partial charge is 0.390 e. The fraction of sp³-hybridized carbons (Fsp3) is 0.926. The van der Waals surface area contributed by atoms with Gasteiger partial charge in [-0.05, 0) is 124 Å².